The van der Waals surface area contributed by atoms with Crippen LogP contribution in [0.25, 0.3) is 0 Å². The van der Waals surface area contributed by atoms with E-state index in [2.05, 4.69) is 10.6 Å². The second-order valence-corrected chi connectivity index (χ2v) is 8.65. The average molecular weight is 445 g/mol. The summed E-state index contributed by atoms with van der Waals surface area (Å²) >= 11 is 1.11. The summed E-state index contributed by atoms with van der Waals surface area (Å²) in [6.45, 7) is 1.71. The van der Waals surface area contributed by atoms with Crippen LogP contribution in [0.3, 0.4) is 0 Å². The Labute approximate surface area is 186 Å². The number of carbonyl (C=O) groups is 3. The van der Waals surface area contributed by atoms with Crippen molar-refractivity contribution in [2.75, 3.05) is 19.5 Å². The molecule has 1 heterocycles. The lowest BCUT2D eigenvalue weighted by Gasteiger charge is -2.22. The minimum Gasteiger partial charge on any atom is -0.497 e. The Morgan fingerprint density at radius 2 is 1.74 bits per heavy atom. The molecule has 2 amide bonds. The van der Waals surface area contributed by atoms with Crippen molar-refractivity contribution in [3.63, 3.8) is 0 Å². The summed E-state index contributed by atoms with van der Waals surface area (Å²) in [5.41, 5.74) is 1.55. The van der Waals surface area contributed by atoms with Crippen molar-refractivity contribution < 1.29 is 23.9 Å². The topological polar surface area (TPSA) is 93.7 Å². The number of hydrogen-bond donors (Lipinski definition) is 2. The van der Waals surface area contributed by atoms with E-state index in [1.165, 1.54) is 13.5 Å². The van der Waals surface area contributed by atoms with Gasteiger partial charge in [0.05, 0.1) is 31.1 Å². The average Bonchev–Trinajstić information content (AvgIpc) is 3.10. The molecule has 1 aromatic heterocycles. The predicted molar refractivity (Wildman–Crippen MR) is 120 cm³/mol. The molecule has 3 rings (SSSR count). The van der Waals surface area contributed by atoms with E-state index in [0.29, 0.717) is 21.2 Å². The lowest BCUT2D eigenvalue weighted by molar-refractivity contribution is -0.115. The van der Waals surface area contributed by atoms with Gasteiger partial charge in [0.1, 0.15) is 10.8 Å². The number of carbonyl (C=O) groups excluding carboxylic acids is 3. The van der Waals surface area contributed by atoms with E-state index in [9.17, 15) is 14.4 Å². The highest BCUT2D eigenvalue weighted by atomic mass is 32.1. The Kier molecular flexibility index (Phi) is 7.68. The van der Waals surface area contributed by atoms with Gasteiger partial charge in [0.15, 0.2) is 0 Å². The fourth-order valence-corrected chi connectivity index (χ4v) is 4.88. The molecule has 1 aliphatic carbocycles. The number of hydrogen-bond acceptors (Lipinski definition) is 6. The first-order chi connectivity index (χ1) is 14.9. The standard InChI is InChI=1S/C23H28N2O5S/c1-14-19(23(28)30-3)22(25-18(26)13-15-9-11-17(29-2)12-10-15)31-20(14)21(27)24-16-7-5-4-6-8-16/h9-12,16H,4-8,13H2,1-3H3,(H,24,27)(H,25,26). The SMILES string of the molecule is COC(=O)c1c(NC(=O)Cc2ccc(OC)cc2)sc(C(=O)NC2CCCCC2)c1C. The van der Waals surface area contributed by atoms with Crippen LogP contribution >= 0.6 is 11.3 Å². The normalized spacial score (nSPS) is 14.0. The molecule has 8 heteroatoms. The lowest BCUT2D eigenvalue weighted by atomic mass is 9.95. The molecule has 0 radical (unpaired) electrons. The summed E-state index contributed by atoms with van der Waals surface area (Å²) in [4.78, 5) is 38.3. The van der Waals surface area contributed by atoms with Crippen LogP contribution in [0, 0.1) is 6.92 Å². The van der Waals surface area contributed by atoms with Gasteiger partial charge in [-0.1, -0.05) is 31.4 Å². The van der Waals surface area contributed by atoms with Crippen molar-refractivity contribution in [2.24, 2.45) is 0 Å². The second kappa shape index (κ2) is 10.4. The zero-order chi connectivity index (χ0) is 22.4. The minimum absolute atomic E-state index is 0.130. The highest BCUT2D eigenvalue weighted by molar-refractivity contribution is 7.18. The van der Waals surface area contributed by atoms with Gasteiger partial charge in [0.25, 0.3) is 5.91 Å². The van der Waals surface area contributed by atoms with Gasteiger partial charge in [-0.25, -0.2) is 4.79 Å². The third-order valence-electron chi connectivity index (χ3n) is 5.46. The minimum atomic E-state index is -0.579. The largest absolute Gasteiger partial charge is 0.497 e. The molecule has 31 heavy (non-hydrogen) atoms. The summed E-state index contributed by atoms with van der Waals surface area (Å²) in [6, 6.07) is 7.33. The van der Waals surface area contributed by atoms with E-state index in [-0.39, 0.29) is 29.8 Å². The van der Waals surface area contributed by atoms with Gasteiger partial charge in [-0.05, 0) is 43.0 Å². The molecule has 2 N–H and O–H groups in total. The van der Waals surface area contributed by atoms with Gasteiger partial charge in [0.2, 0.25) is 5.91 Å². The van der Waals surface area contributed by atoms with Crippen LogP contribution in [0.4, 0.5) is 5.00 Å². The van der Waals surface area contributed by atoms with Crippen molar-refractivity contribution in [1.29, 1.82) is 0 Å². The van der Waals surface area contributed by atoms with E-state index in [1.807, 2.05) is 12.1 Å². The van der Waals surface area contributed by atoms with Crippen LogP contribution in [0.1, 0.15) is 63.3 Å². The Balaban J connectivity index is 1.77. The smallest absolute Gasteiger partial charge is 0.341 e. The summed E-state index contributed by atoms with van der Waals surface area (Å²) in [5, 5.41) is 6.19. The Hall–Kier alpha value is -2.87. The van der Waals surface area contributed by atoms with Crippen LogP contribution in [0.2, 0.25) is 0 Å². The fraction of sp³-hybridized carbons (Fsp3) is 0.435. The van der Waals surface area contributed by atoms with Gasteiger partial charge < -0.3 is 20.1 Å². The quantitative estimate of drug-likeness (QED) is 0.627. The molecule has 166 valence electrons. The number of benzene rings is 1. The molecule has 1 aromatic carbocycles. The third kappa shape index (κ3) is 5.64. The van der Waals surface area contributed by atoms with Crippen molar-refractivity contribution in [3.8, 4) is 5.75 Å². The maximum Gasteiger partial charge on any atom is 0.341 e. The molecule has 0 spiro atoms. The Bertz CT molecular complexity index is 946. The summed E-state index contributed by atoms with van der Waals surface area (Å²) in [5.74, 6) is -0.365. The van der Waals surface area contributed by atoms with Gasteiger partial charge in [-0.3, -0.25) is 9.59 Å². The lowest BCUT2D eigenvalue weighted by Crippen LogP contribution is -2.36. The van der Waals surface area contributed by atoms with Crippen molar-refractivity contribution >= 4 is 34.1 Å². The Morgan fingerprint density at radius 1 is 1.06 bits per heavy atom. The van der Waals surface area contributed by atoms with Crippen LogP contribution in [-0.4, -0.2) is 38.0 Å². The fourth-order valence-electron chi connectivity index (χ4n) is 3.76. The van der Waals surface area contributed by atoms with Crippen molar-refractivity contribution in [2.45, 2.75) is 51.5 Å². The van der Waals surface area contributed by atoms with Gasteiger partial charge in [-0.15, -0.1) is 11.3 Å². The van der Waals surface area contributed by atoms with Crippen LogP contribution < -0.4 is 15.4 Å². The second-order valence-electron chi connectivity index (χ2n) is 7.63. The van der Waals surface area contributed by atoms with E-state index < -0.39 is 5.97 Å². The molecule has 0 unspecified atom stereocenters. The molecule has 1 fully saturated rings. The molecule has 0 saturated heterocycles. The molecular formula is C23H28N2O5S. The number of rotatable bonds is 7. The first kappa shape index (κ1) is 22.8. The van der Waals surface area contributed by atoms with Gasteiger partial charge >= 0.3 is 5.97 Å². The maximum atomic E-state index is 12.9. The summed E-state index contributed by atoms with van der Waals surface area (Å²) in [7, 11) is 2.86. The highest BCUT2D eigenvalue weighted by Gasteiger charge is 2.27. The van der Waals surface area contributed by atoms with Crippen LogP contribution in [-0.2, 0) is 16.0 Å². The maximum absolute atomic E-state index is 12.9. The van der Waals surface area contributed by atoms with E-state index >= 15 is 0 Å². The number of amides is 2. The number of methoxy groups -OCH3 is 2. The molecule has 1 aliphatic rings. The summed E-state index contributed by atoms with van der Waals surface area (Å²) in [6.07, 6.45) is 5.46. The molecule has 0 bridgehead atoms. The monoisotopic (exact) mass is 444 g/mol. The van der Waals surface area contributed by atoms with Gasteiger partial charge in [0, 0.05) is 6.04 Å². The predicted octanol–water partition coefficient (Wildman–Crippen LogP) is 4.10. The highest BCUT2D eigenvalue weighted by Crippen LogP contribution is 2.34. The van der Waals surface area contributed by atoms with Crippen LogP contribution in [0.15, 0.2) is 24.3 Å². The van der Waals surface area contributed by atoms with Crippen molar-refractivity contribution in [3.05, 3.63) is 45.8 Å². The van der Waals surface area contributed by atoms with E-state index in [1.54, 1.807) is 26.2 Å². The number of anilines is 1. The molecule has 7 nitrogen and oxygen atoms in total. The zero-order valence-corrected chi connectivity index (χ0v) is 18.9. The molecule has 1 saturated carbocycles. The number of thiophene rings is 1. The third-order valence-corrected chi connectivity index (χ3v) is 6.67. The van der Waals surface area contributed by atoms with Gasteiger partial charge in [-0.2, -0.15) is 0 Å². The molecule has 2 aromatic rings. The molecule has 0 atom stereocenters. The van der Waals surface area contributed by atoms with Crippen LogP contribution in [0.5, 0.6) is 5.75 Å². The van der Waals surface area contributed by atoms with Crippen molar-refractivity contribution in [1.82, 2.24) is 5.32 Å². The number of ether oxygens (including phenoxy) is 2. The molecular weight excluding hydrogens is 416 g/mol. The van der Waals surface area contributed by atoms with E-state index in [4.69, 9.17) is 9.47 Å². The van der Waals surface area contributed by atoms with E-state index in [0.717, 1.165) is 42.6 Å². The Morgan fingerprint density at radius 3 is 2.35 bits per heavy atom. The zero-order valence-electron chi connectivity index (χ0n) is 18.1. The first-order valence-electron chi connectivity index (χ1n) is 10.4. The number of esters is 1. The number of nitrogens with one attached hydrogen (secondary N) is 2. The first-order valence-corrected chi connectivity index (χ1v) is 11.2. The summed E-state index contributed by atoms with van der Waals surface area (Å²) < 4.78 is 10.0. The molecule has 0 aliphatic heterocycles.